The van der Waals surface area contributed by atoms with E-state index in [1.54, 1.807) is 7.11 Å². The summed E-state index contributed by atoms with van der Waals surface area (Å²) in [5, 5.41) is 5.96. The van der Waals surface area contributed by atoms with Crippen molar-refractivity contribution in [3.63, 3.8) is 0 Å². The molecule has 0 unspecified atom stereocenters. The third-order valence-corrected chi connectivity index (χ3v) is 6.50. The van der Waals surface area contributed by atoms with Crippen LogP contribution in [0.2, 0.25) is 0 Å². The average Bonchev–Trinajstić information content (AvgIpc) is 3.14. The van der Waals surface area contributed by atoms with Crippen LogP contribution in [0.25, 0.3) is 16.6 Å². The second kappa shape index (κ2) is 8.37. The van der Waals surface area contributed by atoms with Crippen LogP contribution in [-0.4, -0.2) is 63.2 Å². The average molecular weight is 448 g/mol. The summed E-state index contributed by atoms with van der Waals surface area (Å²) in [6.45, 7) is 5.61. The van der Waals surface area contributed by atoms with E-state index in [1.165, 1.54) is 10.9 Å². The summed E-state index contributed by atoms with van der Waals surface area (Å²) < 4.78 is 9.79. The van der Waals surface area contributed by atoms with Crippen LogP contribution in [0.5, 0.6) is 5.75 Å². The largest absolute Gasteiger partial charge is 0.497 e. The third kappa shape index (κ3) is 3.65. The number of nitrogens with zero attached hydrogens (tertiary/aromatic N) is 5. The van der Waals surface area contributed by atoms with Crippen molar-refractivity contribution < 1.29 is 9.53 Å². The number of carbonyl (C=O) groups excluding carboxylic acids is 1. The van der Waals surface area contributed by atoms with Crippen molar-refractivity contribution in [3.05, 3.63) is 70.5 Å². The lowest BCUT2D eigenvalue weighted by Crippen LogP contribution is -2.49. The maximum absolute atomic E-state index is 12.8. The number of hydrogen-bond acceptors (Lipinski definition) is 5. The van der Waals surface area contributed by atoms with E-state index in [1.807, 2.05) is 50.4 Å². The highest BCUT2D eigenvalue weighted by atomic mass is 32.1. The standard InChI is InChI=1S/C24H25N5O2S/c1-17-15-22-25-28(24(32)29(22)21-6-4-3-5-20(17)21)16-26-11-13-27(14-12-26)23(30)18-7-9-19(31-2)10-8-18/h3-10,15H,11-14,16H2,1-2H3. The molecule has 2 aromatic heterocycles. The molecule has 0 aliphatic carbocycles. The topological polar surface area (TPSA) is 55.0 Å². The van der Waals surface area contributed by atoms with Crippen LogP contribution in [0.4, 0.5) is 0 Å². The van der Waals surface area contributed by atoms with Crippen LogP contribution in [-0.2, 0) is 6.67 Å². The zero-order valence-corrected chi connectivity index (χ0v) is 19.0. The maximum atomic E-state index is 12.8. The molecule has 0 atom stereocenters. The monoisotopic (exact) mass is 447 g/mol. The molecule has 0 radical (unpaired) electrons. The molecule has 1 aliphatic heterocycles. The lowest BCUT2D eigenvalue weighted by Gasteiger charge is -2.34. The van der Waals surface area contributed by atoms with Crippen LogP contribution in [0.3, 0.4) is 0 Å². The molecule has 1 amide bonds. The zero-order chi connectivity index (χ0) is 22.2. The highest BCUT2D eigenvalue weighted by Crippen LogP contribution is 2.21. The van der Waals surface area contributed by atoms with Crippen molar-refractivity contribution in [2.24, 2.45) is 0 Å². The van der Waals surface area contributed by atoms with Crippen LogP contribution in [0.1, 0.15) is 15.9 Å². The summed E-state index contributed by atoms with van der Waals surface area (Å²) in [6.07, 6.45) is 0. The van der Waals surface area contributed by atoms with Gasteiger partial charge in [-0.3, -0.25) is 14.1 Å². The number of ether oxygens (including phenoxy) is 1. The Kier molecular flexibility index (Phi) is 5.40. The van der Waals surface area contributed by atoms with Crippen molar-refractivity contribution in [3.8, 4) is 5.75 Å². The predicted octanol–water partition coefficient (Wildman–Crippen LogP) is 3.75. The molecule has 3 heterocycles. The Morgan fingerprint density at radius 1 is 1.06 bits per heavy atom. The highest BCUT2D eigenvalue weighted by molar-refractivity contribution is 7.71. The quantitative estimate of drug-likeness (QED) is 0.446. The number of rotatable bonds is 4. The molecule has 164 valence electrons. The number of hydrogen-bond donors (Lipinski definition) is 0. The van der Waals surface area contributed by atoms with E-state index in [0.717, 1.165) is 30.0 Å². The molecule has 2 aromatic carbocycles. The van der Waals surface area contributed by atoms with E-state index in [-0.39, 0.29) is 5.91 Å². The van der Waals surface area contributed by atoms with Crippen LogP contribution < -0.4 is 4.74 Å². The lowest BCUT2D eigenvalue weighted by molar-refractivity contribution is 0.0585. The van der Waals surface area contributed by atoms with E-state index in [4.69, 9.17) is 22.1 Å². The number of para-hydroxylation sites is 1. The number of pyridine rings is 1. The van der Waals surface area contributed by atoms with Gasteiger partial charge in [-0.15, -0.1) is 0 Å². The Hall–Kier alpha value is -3.23. The van der Waals surface area contributed by atoms with Crippen LogP contribution >= 0.6 is 12.2 Å². The maximum Gasteiger partial charge on any atom is 0.253 e. The number of fused-ring (bicyclic) bond motifs is 3. The predicted molar refractivity (Wildman–Crippen MR) is 127 cm³/mol. The SMILES string of the molecule is COc1ccc(C(=O)N2CCN(Cn3nc4cc(C)c5ccccc5n4c3=S)CC2)cc1. The van der Waals surface area contributed by atoms with Gasteiger partial charge in [0.25, 0.3) is 5.91 Å². The van der Waals surface area contributed by atoms with Crippen LogP contribution in [0, 0.1) is 11.7 Å². The van der Waals surface area contributed by atoms with Gasteiger partial charge in [0.15, 0.2) is 5.65 Å². The van der Waals surface area contributed by atoms with Gasteiger partial charge in [0.1, 0.15) is 5.75 Å². The number of piperazine rings is 1. The van der Waals surface area contributed by atoms with Crippen molar-refractivity contribution in [1.82, 2.24) is 24.0 Å². The normalized spacial score (nSPS) is 14.9. The summed E-state index contributed by atoms with van der Waals surface area (Å²) in [5.74, 6) is 0.803. The first-order chi connectivity index (χ1) is 15.5. The second-order valence-electron chi connectivity index (χ2n) is 8.10. The molecule has 8 heteroatoms. The Morgan fingerprint density at radius 3 is 2.50 bits per heavy atom. The minimum atomic E-state index is 0.0542. The van der Waals surface area contributed by atoms with Crippen molar-refractivity contribution in [2.45, 2.75) is 13.6 Å². The van der Waals surface area contributed by atoms with E-state index in [0.29, 0.717) is 30.1 Å². The molecular formula is C24H25N5O2S. The first-order valence-electron chi connectivity index (χ1n) is 10.7. The summed E-state index contributed by atoms with van der Waals surface area (Å²) in [4.78, 5) is 17.0. The molecule has 5 rings (SSSR count). The molecule has 0 N–H and O–H groups in total. The van der Waals surface area contributed by atoms with Crippen molar-refractivity contribution >= 4 is 34.7 Å². The fourth-order valence-corrected chi connectivity index (χ4v) is 4.60. The van der Waals surface area contributed by atoms with Gasteiger partial charge in [-0.1, -0.05) is 18.2 Å². The number of carbonyl (C=O) groups is 1. The van der Waals surface area contributed by atoms with Crippen LogP contribution in [0.15, 0.2) is 54.6 Å². The molecule has 1 fully saturated rings. The first-order valence-corrected chi connectivity index (χ1v) is 11.1. The Morgan fingerprint density at radius 2 is 1.78 bits per heavy atom. The van der Waals surface area contributed by atoms with Gasteiger partial charge in [-0.25, -0.2) is 4.68 Å². The van der Waals surface area contributed by atoms with Gasteiger partial charge in [-0.05, 0) is 61.1 Å². The fraction of sp³-hybridized carbons (Fsp3) is 0.292. The molecule has 7 nitrogen and oxygen atoms in total. The van der Waals surface area contributed by atoms with Gasteiger partial charge >= 0.3 is 0 Å². The highest BCUT2D eigenvalue weighted by Gasteiger charge is 2.23. The van der Waals surface area contributed by atoms with E-state index >= 15 is 0 Å². The molecule has 32 heavy (non-hydrogen) atoms. The molecule has 1 saturated heterocycles. The molecule has 1 aliphatic rings. The number of amides is 1. The van der Waals surface area contributed by atoms with Gasteiger partial charge in [0, 0.05) is 37.1 Å². The Balaban J connectivity index is 1.31. The Labute approximate surface area is 191 Å². The van der Waals surface area contributed by atoms with E-state index < -0.39 is 0 Å². The van der Waals surface area contributed by atoms with Crippen molar-refractivity contribution in [1.29, 1.82) is 0 Å². The van der Waals surface area contributed by atoms with Gasteiger partial charge in [-0.2, -0.15) is 5.10 Å². The lowest BCUT2D eigenvalue weighted by atomic mass is 10.1. The Bertz CT molecular complexity index is 1350. The smallest absolute Gasteiger partial charge is 0.253 e. The van der Waals surface area contributed by atoms with Gasteiger partial charge < -0.3 is 9.64 Å². The van der Waals surface area contributed by atoms with E-state index in [2.05, 4.69) is 30.0 Å². The minimum absolute atomic E-state index is 0.0542. The third-order valence-electron chi connectivity index (χ3n) is 6.11. The molecule has 0 bridgehead atoms. The molecule has 0 saturated carbocycles. The number of aromatic nitrogens is 3. The zero-order valence-electron chi connectivity index (χ0n) is 18.2. The summed E-state index contributed by atoms with van der Waals surface area (Å²) in [6, 6.07) is 17.6. The van der Waals surface area contributed by atoms with E-state index in [9.17, 15) is 4.79 Å². The summed E-state index contributed by atoms with van der Waals surface area (Å²) >= 11 is 5.78. The van der Waals surface area contributed by atoms with Gasteiger partial charge in [0.2, 0.25) is 4.77 Å². The molecule has 0 spiro atoms. The number of benzene rings is 2. The first kappa shape index (κ1) is 20.7. The number of methoxy groups -OCH3 is 1. The molecular weight excluding hydrogens is 422 g/mol. The van der Waals surface area contributed by atoms with Gasteiger partial charge in [0.05, 0.1) is 19.3 Å². The second-order valence-corrected chi connectivity index (χ2v) is 8.47. The summed E-state index contributed by atoms with van der Waals surface area (Å²) in [7, 11) is 1.62. The van der Waals surface area contributed by atoms with Crippen molar-refractivity contribution in [2.75, 3.05) is 33.3 Å². The molecule has 4 aromatic rings. The summed E-state index contributed by atoms with van der Waals surface area (Å²) in [5.41, 5.74) is 3.81. The number of aryl methyl sites for hydroxylation is 1. The fourth-order valence-electron chi connectivity index (χ4n) is 4.31. The minimum Gasteiger partial charge on any atom is -0.497 e.